The highest BCUT2D eigenvalue weighted by molar-refractivity contribution is 5.94. The van der Waals surface area contributed by atoms with E-state index in [1.54, 1.807) is 0 Å². The number of nitrogens with zero attached hydrogens (tertiary/aromatic N) is 1. The van der Waals surface area contributed by atoms with Crippen molar-refractivity contribution < 1.29 is 9.18 Å². The van der Waals surface area contributed by atoms with Gasteiger partial charge >= 0.3 is 0 Å². The van der Waals surface area contributed by atoms with Crippen LogP contribution < -0.4 is 5.32 Å². The third kappa shape index (κ3) is 3.50. The molecule has 1 aromatic heterocycles. The summed E-state index contributed by atoms with van der Waals surface area (Å²) in [6.45, 7) is 2.40. The first-order chi connectivity index (χ1) is 7.25. The molecule has 0 aliphatic carbocycles. The number of halogens is 1. The summed E-state index contributed by atoms with van der Waals surface area (Å²) in [7, 11) is 0. The fourth-order valence-corrected chi connectivity index (χ4v) is 1.09. The summed E-state index contributed by atoms with van der Waals surface area (Å²) >= 11 is 0. The van der Waals surface area contributed by atoms with Gasteiger partial charge < -0.3 is 5.32 Å². The van der Waals surface area contributed by atoms with Crippen LogP contribution in [0.25, 0.3) is 0 Å². The molecule has 0 bridgehead atoms. The molecule has 1 rings (SSSR count). The lowest BCUT2D eigenvalue weighted by Crippen LogP contribution is -2.25. The molecule has 80 valence electrons. The Hall–Kier alpha value is -1.71. The monoisotopic (exact) mass is 208 g/mol. The number of carbonyl (C=O) groups excluding carboxylic acids is 1. The molecule has 0 aromatic carbocycles. The van der Waals surface area contributed by atoms with Crippen LogP contribution in [-0.4, -0.2) is 17.4 Å². The average Bonchev–Trinajstić information content (AvgIpc) is 2.25. The van der Waals surface area contributed by atoms with E-state index in [9.17, 15) is 9.18 Å². The van der Waals surface area contributed by atoms with E-state index in [1.807, 2.05) is 19.1 Å². The number of amides is 1. The average molecular weight is 208 g/mol. The van der Waals surface area contributed by atoms with Crippen LogP contribution >= 0.6 is 0 Å². The van der Waals surface area contributed by atoms with Crippen LogP contribution in [-0.2, 0) is 0 Å². The SMILES string of the molecule is C/C=C/CCNC(=O)c1cccnc1F. The third-order valence-electron chi connectivity index (χ3n) is 1.84. The first kappa shape index (κ1) is 11.4. The predicted molar refractivity (Wildman–Crippen MR) is 56.0 cm³/mol. The molecular weight excluding hydrogens is 195 g/mol. The zero-order chi connectivity index (χ0) is 11.1. The number of hydrogen-bond donors (Lipinski definition) is 1. The minimum atomic E-state index is -0.735. The maximum Gasteiger partial charge on any atom is 0.255 e. The smallest absolute Gasteiger partial charge is 0.255 e. The molecule has 15 heavy (non-hydrogen) atoms. The van der Waals surface area contributed by atoms with Gasteiger partial charge in [-0.3, -0.25) is 4.79 Å². The van der Waals surface area contributed by atoms with Gasteiger partial charge in [0.1, 0.15) is 0 Å². The molecule has 0 spiro atoms. The molecule has 0 unspecified atom stereocenters. The highest BCUT2D eigenvalue weighted by Crippen LogP contribution is 2.02. The van der Waals surface area contributed by atoms with E-state index in [-0.39, 0.29) is 5.56 Å². The molecule has 1 N–H and O–H groups in total. The van der Waals surface area contributed by atoms with Gasteiger partial charge in [0.25, 0.3) is 5.91 Å². The lowest BCUT2D eigenvalue weighted by atomic mass is 10.2. The minimum Gasteiger partial charge on any atom is -0.352 e. The number of nitrogens with one attached hydrogen (secondary N) is 1. The van der Waals surface area contributed by atoms with E-state index in [0.29, 0.717) is 6.54 Å². The standard InChI is InChI=1S/C11H13FN2O/c1-2-3-4-7-14-11(15)9-6-5-8-13-10(9)12/h2-3,5-6,8H,4,7H2,1H3,(H,14,15)/b3-2+. The van der Waals surface area contributed by atoms with E-state index < -0.39 is 11.9 Å². The normalized spacial score (nSPS) is 10.5. The van der Waals surface area contributed by atoms with E-state index in [1.165, 1.54) is 18.3 Å². The highest BCUT2D eigenvalue weighted by Gasteiger charge is 2.10. The number of allylic oxidation sites excluding steroid dienone is 1. The molecule has 4 heteroatoms. The Kier molecular flexibility index (Phi) is 4.47. The highest BCUT2D eigenvalue weighted by atomic mass is 19.1. The number of pyridine rings is 1. The predicted octanol–water partition coefficient (Wildman–Crippen LogP) is 1.92. The van der Waals surface area contributed by atoms with Crippen molar-refractivity contribution in [3.63, 3.8) is 0 Å². The summed E-state index contributed by atoms with van der Waals surface area (Å²) in [4.78, 5) is 14.8. The molecule has 0 fully saturated rings. The summed E-state index contributed by atoms with van der Waals surface area (Å²) in [5, 5.41) is 2.60. The van der Waals surface area contributed by atoms with Crippen molar-refractivity contribution in [1.29, 1.82) is 0 Å². The number of aromatic nitrogens is 1. The fraction of sp³-hybridized carbons (Fsp3) is 0.273. The lowest BCUT2D eigenvalue weighted by Gasteiger charge is -2.03. The van der Waals surface area contributed by atoms with Crippen molar-refractivity contribution in [1.82, 2.24) is 10.3 Å². The first-order valence-corrected chi connectivity index (χ1v) is 4.75. The summed E-state index contributed by atoms with van der Waals surface area (Å²) < 4.78 is 13.0. The zero-order valence-electron chi connectivity index (χ0n) is 8.53. The number of rotatable bonds is 4. The van der Waals surface area contributed by atoms with Crippen LogP contribution in [0.4, 0.5) is 4.39 Å². The van der Waals surface area contributed by atoms with Gasteiger partial charge in [-0.15, -0.1) is 0 Å². The molecule has 1 aromatic rings. The van der Waals surface area contributed by atoms with Gasteiger partial charge in [-0.2, -0.15) is 4.39 Å². The van der Waals surface area contributed by atoms with Gasteiger partial charge in [0.15, 0.2) is 0 Å². The molecule has 0 radical (unpaired) electrons. The van der Waals surface area contributed by atoms with Crippen molar-refractivity contribution in [2.75, 3.05) is 6.54 Å². The van der Waals surface area contributed by atoms with Gasteiger partial charge in [0.2, 0.25) is 5.95 Å². The first-order valence-electron chi connectivity index (χ1n) is 4.75. The summed E-state index contributed by atoms with van der Waals surface area (Å²) in [5.41, 5.74) is -0.0158. The molecule has 1 amide bonds. The van der Waals surface area contributed by atoms with Crippen LogP contribution in [0.1, 0.15) is 23.7 Å². The molecular formula is C11H13FN2O. The van der Waals surface area contributed by atoms with Crippen molar-refractivity contribution in [2.45, 2.75) is 13.3 Å². The van der Waals surface area contributed by atoms with Gasteiger partial charge in [-0.1, -0.05) is 12.2 Å². The molecule has 0 atom stereocenters. The zero-order valence-corrected chi connectivity index (χ0v) is 8.53. The van der Waals surface area contributed by atoms with Gasteiger partial charge in [0.05, 0.1) is 5.56 Å². The Morgan fingerprint density at radius 3 is 3.13 bits per heavy atom. The molecule has 0 aliphatic rings. The Bertz CT molecular complexity index is 363. The fourth-order valence-electron chi connectivity index (χ4n) is 1.09. The molecule has 0 saturated heterocycles. The van der Waals surface area contributed by atoms with Crippen LogP contribution in [0.15, 0.2) is 30.5 Å². The van der Waals surface area contributed by atoms with Crippen LogP contribution in [0, 0.1) is 5.95 Å². The van der Waals surface area contributed by atoms with Crippen molar-refractivity contribution in [3.05, 3.63) is 42.0 Å². The topological polar surface area (TPSA) is 42.0 Å². The van der Waals surface area contributed by atoms with Crippen molar-refractivity contribution in [2.24, 2.45) is 0 Å². The molecule has 0 saturated carbocycles. The Morgan fingerprint density at radius 2 is 2.47 bits per heavy atom. The van der Waals surface area contributed by atoms with Gasteiger partial charge in [0, 0.05) is 12.7 Å². The van der Waals surface area contributed by atoms with Crippen molar-refractivity contribution >= 4 is 5.91 Å². The Labute approximate surface area is 88.0 Å². The quantitative estimate of drug-likeness (QED) is 0.466. The second-order valence-corrected chi connectivity index (χ2v) is 2.96. The van der Waals surface area contributed by atoms with Crippen LogP contribution in [0.3, 0.4) is 0 Å². The van der Waals surface area contributed by atoms with Crippen LogP contribution in [0.5, 0.6) is 0 Å². The van der Waals surface area contributed by atoms with Gasteiger partial charge in [-0.05, 0) is 25.5 Å². The summed E-state index contributed by atoms with van der Waals surface area (Å²) in [5.74, 6) is -1.16. The molecule has 1 heterocycles. The minimum absolute atomic E-state index is 0.0158. The second-order valence-electron chi connectivity index (χ2n) is 2.96. The third-order valence-corrected chi connectivity index (χ3v) is 1.84. The van der Waals surface area contributed by atoms with E-state index >= 15 is 0 Å². The van der Waals surface area contributed by atoms with E-state index in [2.05, 4.69) is 10.3 Å². The molecule has 3 nitrogen and oxygen atoms in total. The number of hydrogen-bond acceptors (Lipinski definition) is 2. The Balaban J connectivity index is 2.51. The van der Waals surface area contributed by atoms with Crippen LogP contribution in [0.2, 0.25) is 0 Å². The van der Waals surface area contributed by atoms with E-state index in [0.717, 1.165) is 6.42 Å². The second kappa shape index (κ2) is 5.90. The van der Waals surface area contributed by atoms with E-state index in [4.69, 9.17) is 0 Å². The maximum atomic E-state index is 13.0. The van der Waals surface area contributed by atoms with Gasteiger partial charge in [-0.25, -0.2) is 4.98 Å². The lowest BCUT2D eigenvalue weighted by molar-refractivity contribution is 0.0949. The van der Waals surface area contributed by atoms with Crippen molar-refractivity contribution in [3.8, 4) is 0 Å². The summed E-state index contributed by atoms with van der Waals surface area (Å²) in [6.07, 6.45) is 5.88. The summed E-state index contributed by atoms with van der Waals surface area (Å²) in [6, 6.07) is 2.94. The number of carbonyl (C=O) groups is 1. The Morgan fingerprint density at radius 1 is 1.67 bits per heavy atom. The molecule has 0 aliphatic heterocycles. The largest absolute Gasteiger partial charge is 0.352 e. The maximum absolute atomic E-state index is 13.0.